The number of rotatable bonds is 6. The molecule has 4 rings (SSSR count). The summed E-state index contributed by atoms with van der Waals surface area (Å²) < 4.78 is 44.3. The highest BCUT2D eigenvalue weighted by molar-refractivity contribution is 5.92. The minimum Gasteiger partial charge on any atom is -0.481 e. The van der Waals surface area contributed by atoms with Crippen molar-refractivity contribution in [3.8, 4) is 5.75 Å². The van der Waals surface area contributed by atoms with Crippen LogP contribution in [0.25, 0.3) is 10.9 Å². The number of nitrogens with two attached hydrogens (primary N) is 1. The van der Waals surface area contributed by atoms with Gasteiger partial charge in [0.1, 0.15) is 17.1 Å². The molecule has 0 saturated carbocycles. The van der Waals surface area contributed by atoms with Crippen molar-refractivity contribution >= 4 is 34.2 Å². The number of pyridine rings is 1. The lowest BCUT2D eigenvalue weighted by atomic mass is 9.96. The number of para-hydroxylation sites is 1. The van der Waals surface area contributed by atoms with Gasteiger partial charge < -0.3 is 20.7 Å². The van der Waals surface area contributed by atoms with Gasteiger partial charge in [0, 0.05) is 30.1 Å². The lowest BCUT2D eigenvalue weighted by Gasteiger charge is -2.31. The van der Waals surface area contributed by atoms with Crippen LogP contribution in [0.3, 0.4) is 0 Å². The van der Waals surface area contributed by atoms with Gasteiger partial charge in [0.15, 0.2) is 6.61 Å². The van der Waals surface area contributed by atoms with Gasteiger partial charge in [0.05, 0.1) is 5.56 Å². The summed E-state index contributed by atoms with van der Waals surface area (Å²) in [4.78, 5) is 30.5. The Morgan fingerprint density at radius 1 is 1.09 bits per heavy atom. The Hall–Kier alpha value is -3.82. The molecule has 2 amide bonds. The number of carbonyl (C=O) groups is 2. The number of anilines is 2. The maximum atomic E-state index is 12.9. The molecule has 1 aliphatic rings. The monoisotopic (exact) mass is 472 g/mol. The molecule has 178 valence electrons. The zero-order valence-electron chi connectivity index (χ0n) is 18.1. The number of aromatic nitrogens is 1. The second-order valence-corrected chi connectivity index (χ2v) is 8.08. The molecule has 1 saturated heterocycles. The van der Waals surface area contributed by atoms with E-state index >= 15 is 0 Å². The molecule has 0 spiro atoms. The Morgan fingerprint density at radius 2 is 1.82 bits per heavy atom. The first-order valence-corrected chi connectivity index (χ1v) is 10.7. The molecule has 1 aliphatic heterocycles. The van der Waals surface area contributed by atoms with Crippen LogP contribution in [0.4, 0.5) is 24.7 Å². The van der Waals surface area contributed by atoms with Crippen molar-refractivity contribution in [2.45, 2.75) is 19.0 Å². The fourth-order valence-electron chi connectivity index (χ4n) is 3.91. The standard InChI is InChI=1S/C24H23F3N4O3/c25-24(26,27)17-4-2-5-18(13-17)29-21(32)14-34-19-6-1-3-15-7-8-20(30-22(15)19)31-11-9-16(10-12-31)23(28)33/h1-8,13,16H,9-12,14H2,(H2,28,33)(H,29,32). The second-order valence-electron chi connectivity index (χ2n) is 8.08. The Morgan fingerprint density at radius 3 is 2.53 bits per heavy atom. The topological polar surface area (TPSA) is 97.5 Å². The van der Waals surface area contributed by atoms with Gasteiger partial charge in [-0.15, -0.1) is 0 Å². The number of carbonyl (C=O) groups excluding carboxylic acids is 2. The number of hydrogen-bond acceptors (Lipinski definition) is 5. The van der Waals surface area contributed by atoms with Crippen molar-refractivity contribution in [1.29, 1.82) is 0 Å². The second kappa shape index (κ2) is 9.58. The molecule has 2 aromatic carbocycles. The summed E-state index contributed by atoms with van der Waals surface area (Å²) in [6.45, 7) is 0.897. The van der Waals surface area contributed by atoms with Gasteiger partial charge in [0.25, 0.3) is 5.91 Å². The number of amides is 2. The molecule has 3 N–H and O–H groups in total. The van der Waals surface area contributed by atoms with E-state index in [2.05, 4.69) is 10.2 Å². The summed E-state index contributed by atoms with van der Waals surface area (Å²) in [5, 5.41) is 3.23. The van der Waals surface area contributed by atoms with E-state index in [4.69, 9.17) is 15.5 Å². The molecule has 0 atom stereocenters. The van der Waals surface area contributed by atoms with E-state index < -0.39 is 24.3 Å². The number of piperidine rings is 1. The van der Waals surface area contributed by atoms with Gasteiger partial charge in [-0.2, -0.15) is 13.2 Å². The summed E-state index contributed by atoms with van der Waals surface area (Å²) in [6, 6.07) is 13.5. The van der Waals surface area contributed by atoms with Crippen LogP contribution in [0.15, 0.2) is 54.6 Å². The molecule has 0 aliphatic carbocycles. The third-order valence-electron chi connectivity index (χ3n) is 5.72. The first kappa shape index (κ1) is 23.3. The minimum absolute atomic E-state index is 0.0288. The number of alkyl halides is 3. The molecule has 0 radical (unpaired) electrons. The normalized spacial score (nSPS) is 14.7. The number of benzene rings is 2. The largest absolute Gasteiger partial charge is 0.481 e. The van der Waals surface area contributed by atoms with Crippen molar-refractivity contribution in [1.82, 2.24) is 4.98 Å². The number of fused-ring (bicyclic) bond motifs is 1. The van der Waals surface area contributed by atoms with E-state index in [9.17, 15) is 22.8 Å². The molecule has 7 nitrogen and oxygen atoms in total. The predicted octanol–water partition coefficient (Wildman–Crippen LogP) is 3.97. The van der Waals surface area contributed by atoms with E-state index in [-0.39, 0.29) is 17.5 Å². The summed E-state index contributed by atoms with van der Waals surface area (Å²) in [6.07, 6.45) is -3.19. The fraction of sp³-hybridized carbons (Fsp3) is 0.292. The number of nitrogens with one attached hydrogen (secondary N) is 1. The highest BCUT2D eigenvalue weighted by Crippen LogP contribution is 2.31. The van der Waals surface area contributed by atoms with Gasteiger partial charge >= 0.3 is 6.18 Å². The van der Waals surface area contributed by atoms with Crippen LogP contribution in [-0.2, 0) is 15.8 Å². The van der Waals surface area contributed by atoms with Crippen LogP contribution in [0.1, 0.15) is 18.4 Å². The molecule has 1 aromatic heterocycles. The molecule has 3 aromatic rings. The lowest BCUT2D eigenvalue weighted by Crippen LogP contribution is -2.38. The minimum atomic E-state index is -4.50. The SMILES string of the molecule is NC(=O)C1CCN(c2ccc3cccc(OCC(=O)Nc4cccc(C(F)(F)F)c4)c3n2)CC1. The molecule has 0 bridgehead atoms. The maximum absolute atomic E-state index is 12.9. The number of primary amides is 1. The van der Waals surface area contributed by atoms with Gasteiger partial charge in [0.2, 0.25) is 5.91 Å². The third kappa shape index (κ3) is 5.38. The van der Waals surface area contributed by atoms with Crippen LogP contribution in [-0.4, -0.2) is 36.5 Å². The summed E-state index contributed by atoms with van der Waals surface area (Å²) in [5.41, 5.74) is 5.14. The zero-order chi connectivity index (χ0) is 24.3. The summed E-state index contributed by atoms with van der Waals surface area (Å²) in [5.74, 6) is 0.0858. The quantitative estimate of drug-likeness (QED) is 0.566. The Bertz CT molecular complexity index is 1210. The van der Waals surface area contributed by atoms with E-state index in [1.807, 2.05) is 18.2 Å². The van der Waals surface area contributed by atoms with Crippen molar-refractivity contribution in [2.24, 2.45) is 11.7 Å². The van der Waals surface area contributed by atoms with Crippen LogP contribution >= 0.6 is 0 Å². The van der Waals surface area contributed by atoms with Gasteiger partial charge in [-0.3, -0.25) is 9.59 Å². The molecular weight excluding hydrogens is 449 g/mol. The van der Waals surface area contributed by atoms with Crippen molar-refractivity contribution < 1.29 is 27.5 Å². The van der Waals surface area contributed by atoms with Crippen LogP contribution in [0, 0.1) is 5.92 Å². The average molecular weight is 472 g/mol. The average Bonchev–Trinajstić information content (AvgIpc) is 2.82. The van der Waals surface area contributed by atoms with Crippen molar-refractivity contribution in [2.75, 3.05) is 29.9 Å². The van der Waals surface area contributed by atoms with Crippen molar-refractivity contribution in [3.63, 3.8) is 0 Å². The summed E-state index contributed by atoms with van der Waals surface area (Å²) >= 11 is 0. The van der Waals surface area contributed by atoms with Gasteiger partial charge in [-0.1, -0.05) is 18.2 Å². The maximum Gasteiger partial charge on any atom is 0.416 e. The first-order valence-electron chi connectivity index (χ1n) is 10.7. The Labute approximate surface area is 193 Å². The predicted molar refractivity (Wildman–Crippen MR) is 121 cm³/mol. The number of hydrogen-bond donors (Lipinski definition) is 2. The molecule has 0 unspecified atom stereocenters. The van der Waals surface area contributed by atoms with Gasteiger partial charge in [-0.25, -0.2) is 4.98 Å². The zero-order valence-corrected chi connectivity index (χ0v) is 18.1. The van der Waals surface area contributed by atoms with E-state index in [0.717, 1.165) is 23.3 Å². The number of nitrogens with zero attached hydrogens (tertiary/aromatic N) is 2. The molecule has 2 heterocycles. The molecule has 10 heteroatoms. The number of ether oxygens (including phenoxy) is 1. The molecule has 1 fully saturated rings. The van der Waals surface area contributed by atoms with E-state index in [1.54, 1.807) is 12.1 Å². The summed E-state index contributed by atoms with van der Waals surface area (Å²) in [7, 11) is 0. The molecule has 34 heavy (non-hydrogen) atoms. The van der Waals surface area contributed by atoms with Crippen LogP contribution in [0.2, 0.25) is 0 Å². The van der Waals surface area contributed by atoms with E-state index in [1.165, 1.54) is 12.1 Å². The first-order chi connectivity index (χ1) is 16.2. The molecular formula is C24H23F3N4O3. The van der Waals surface area contributed by atoms with Gasteiger partial charge in [-0.05, 0) is 49.2 Å². The van der Waals surface area contributed by atoms with Crippen molar-refractivity contribution in [3.05, 3.63) is 60.2 Å². The van der Waals surface area contributed by atoms with E-state index in [0.29, 0.717) is 37.2 Å². The third-order valence-corrected chi connectivity index (χ3v) is 5.72. The van der Waals surface area contributed by atoms with Crippen LogP contribution < -0.4 is 20.7 Å². The highest BCUT2D eigenvalue weighted by atomic mass is 19.4. The smallest absolute Gasteiger partial charge is 0.416 e. The fourth-order valence-corrected chi connectivity index (χ4v) is 3.91. The Kier molecular flexibility index (Phi) is 6.58. The highest BCUT2D eigenvalue weighted by Gasteiger charge is 2.30. The Balaban J connectivity index is 1.44. The van der Waals surface area contributed by atoms with Crippen LogP contribution in [0.5, 0.6) is 5.75 Å². The lowest BCUT2D eigenvalue weighted by molar-refractivity contribution is -0.137. The number of halogens is 3.